The number of alkyl halides is 3. The van der Waals surface area contributed by atoms with E-state index in [1.54, 1.807) is 0 Å². The van der Waals surface area contributed by atoms with Crippen LogP contribution >= 0.6 is 24.2 Å². The van der Waals surface area contributed by atoms with Gasteiger partial charge in [0.15, 0.2) is 5.16 Å². The standard InChI is InChI=1S/C22H34F3N7S.ClH/c1-6-8-16-15-17(27-18(26-16)21(2,3)4)32-12-10-31(11-13-32)9-7-14-33-20-29-28-19(30(20)5)22(23,24)25;/h15H,6-14H2,1-5H3;1H. The third-order valence-electron chi connectivity index (χ3n) is 5.58. The number of rotatable bonds is 8. The van der Waals surface area contributed by atoms with E-state index in [4.69, 9.17) is 9.97 Å². The molecule has 0 radical (unpaired) electrons. The minimum absolute atomic E-state index is 0. The van der Waals surface area contributed by atoms with Crippen LogP contribution in [0.3, 0.4) is 0 Å². The highest BCUT2D eigenvalue weighted by atomic mass is 35.5. The smallest absolute Gasteiger partial charge is 0.354 e. The van der Waals surface area contributed by atoms with Crippen molar-refractivity contribution in [3.8, 4) is 0 Å². The van der Waals surface area contributed by atoms with Crippen LogP contribution in [0.15, 0.2) is 11.2 Å². The lowest BCUT2D eigenvalue weighted by atomic mass is 9.95. The number of hydrogen-bond acceptors (Lipinski definition) is 7. The summed E-state index contributed by atoms with van der Waals surface area (Å²) in [6, 6.07) is 2.13. The van der Waals surface area contributed by atoms with Crippen molar-refractivity contribution in [1.29, 1.82) is 0 Å². The van der Waals surface area contributed by atoms with Crippen LogP contribution in [0.4, 0.5) is 19.0 Å². The van der Waals surface area contributed by atoms with E-state index < -0.39 is 12.0 Å². The fourth-order valence-electron chi connectivity index (χ4n) is 3.70. The van der Waals surface area contributed by atoms with Gasteiger partial charge in [0.05, 0.1) is 0 Å². The van der Waals surface area contributed by atoms with Gasteiger partial charge in [-0.1, -0.05) is 45.9 Å². The zero-order valence-electron chi connectivity index (χ0n) is 20.5. The second-order valence-electron chi connectivity index (χ2n) is 9.43. The first-order valence-corrected chi connectivity index (χ1v) is 12.4. The summed E-state index contributed by atoms with van der Waals surface area (Å²) >= 11 is 1.32. The van der Waals surface area contributed by atoms with Crippen molar-refractivity contribution in [2.45, 2.75) is 63.7 Å². The minimum atomic E-state index is -4.48. The maximum absolute atomic E-state index is 12.8. The van der Waals surface area contributed by atoms with E-state index in [1.165, 1.54) is 18.8 Å². The van der Waals surface area contributed by atoms with Crippen LogP contribution in [-0.2, 0) is 25.1 Å². The number of anilines is 1. The van der Waals surface area contributed by atoms with Gasteiger partial charge >= 0.3 is 6.18 Å². The van der Waals surface area contributed by atoms with E-state index in [0.717, 1.165) is 73.9 Å². The number of aromatic nitrogens is 5. The Labute approximate surface area is 210 Å². The molecule has 2 aromatic heterocycles. The summed E-state index contributed by atoms with van der Waals surface area (Å²) in [5, 5.41) is 7.25. The molecule has 7 nitrogen and oxygen atoms in total. The molecule has 0 spiro atoms. The molecule has 0 amide bonds. The number of nitrogens with zero attached hydrogens (tertiary/aromatic N) is 7. The lowest BCUT2D eigenvalue weighted by molar-refractivity contribution is -0.147. The second-order valence-corrected chi connectivity index (χ2v) is 10.5. The average Bonchev–Trinajstić information content (AvgIpc) is 3.12. The van der Waals surface area contributed by atoms with E-state index in [0.29, 0.717) is 10.9 Å². The number of piperazine rings is 1. The van der Waals surface area contributed by atoms with Crippen molar-refractivity contribution in [1.82, 2.24) is 29.6 Å². The van der Waals surface area contributed by atoms with Gasteiger partial charge in [0.2, 0.25) is 5.82 Å². The van der Waals surface area contributed by atoms with E-state index in [-0.39, 0.29) is 17.8 Å². The zero-order valence-corrected chi connectivity index (χ0v) is 22.2. The maximum atomic E-state index is 12.8. The van der Waals surface area contributed by atoms with E-state index in [2.05, 4.69) is 53.8 Å². The molecule has 1 aliphatic heterocycles. The first-order chi connectivity index (χ1) is 15.5. The molecule has 0 aliphatic carbocycles. The molecule has 3 rings (SSSR count). The molecule has 1 saturated heterocycles. The third kappa shape index (κ3) is 7.45. The third-order valence-corrected chi connectivity index (χ3v) is 6.68. The van der Waals surface area contributed by atoms with Crippen molar-refractivity contribution >= 4 is 30.0 Å². The van der Waals surface area contributed by atoms with Crippen molar-refractivity contribution in [3.63, 3.8) is 0 Å². The summed E-state index contributed by atoms with van der Waals surface area (Å²) in [6.07, 6.45) is -1.60. The molecule has 12 heteroatoms. The maximum Gasteiger partial charge on any atom is 0.451 e. The van der Waals surface area contributed by atoms with Gasteiger partial charge in [-0.05, 0) is 19.4 Å². The summed E-state index contributed by atoms with van der Waals surface area (Å²) in [4.78, 5) is 14.4. The first-order valence-electron chi connectivity index (χ1n) is 11.4. The van der Waals surface area contributed by atoms with E-state index in [9.17, 15) is 13.2 Å². The number of halogens is 4. The highest BCUT2D eigenvalue weighted by Gasteiger charge is 2.37. The van der Waals surface area contributed by atoms with Gasteiger partial charge in [-0.2, -0.15) is 13.2 Å². The van der Waals surface area contributed by atoms with Crippen LogP contribution in [-0.4, -0.2) is 68.1 Å². The van der Waals surface area contributed by atoms with E-state index >= 15 is 0 Å². The Kier molecular flexibility index (Phi) is 10.0. The molecule has 0 aromatic carbocycles. The topological polar surface area (TPSA) is 63.0 Å². The fourth-order valence-corrected chi connectivity index (χ4v) is 4.54. The van der Waals surface area contributed by atoms with Crippen molar-refractivity contribution in [2.75, 3.05) is 43.4 Å². The Balaban J connectivity index is 0.00000408. The van der Waals surface area contributed by atoms with Gasteiger partial charge in [0, 0.05) is 56.2 Å². The SMILES string of the molecule is CCCc1cc(N2CCN(CCCSc3nnc(C(F)(F)F)n3C)CC2)nc(C(C)(C)C)n1.Cl. The summed E-state index contributed by atoms with van der Waals surface area (Å²) in [5.41, 5.74) is 1.01. The van der Waals surface area contributed by atoms with Gasteiger partial charge in [-0.3, -0.25) is 4.90 Å². The summed E-state index contributed by atoms with van der Waals surface area (Å²) in [5.74, 6) is 1.64. The van der Waals surface area contributed by atoms with Crippen LogP contribution in [0.1, 0.15) is 57.9 Å². The Hall–Kier alpha value is -1.59. The van der Waals surface area contributed by atoms with Crippen molar-refractivity contribution in [3.05, 3.63) is 23.4 Å². The molecule has 3 heterocycles. The largest absolute Gasteiger partial charge is 0.451 e. The minimum Gasteiger partial charge on any atom is -0.354 e. The van der Waals surface area contributed by atoms with Crippen molar-refractivity contribution < 1.29 is 13.2 Å². The Morgan fingerprint density at radius 1 is 1.03 bits per heavy atom. The van der Waals surface area contributed by atoms with Gasteiger partial charge in [0.1, 0.15) is 11.6 Å². The average molecular weight is 522 g/mol. The molecule has 0 bridgehead atoms. The highest BCUT2D eigenvalue weighted by Crippen LogP contribution is 2.29. The molecule has 2 aromatic rings. The first kappa shape index (κ1) is 28.6. The fraction of sp³-hybridized carbons (Fsp3) is 0.727. The van der Waals surface area contributed by atoms with E-state index in [1.807, 2.05) is 0 Å². The summed E-state index contributed by atoms with van der Waals surface area (Å²) in [6.45, 7) is 13.2. The normalized spacial score (nSPS) is 15.5. The van der Waals surface area contributed by atoms with Gasteiger partial charge < -0.3 is 9.47 Å². The molecule has 34 heavy (non-hydrogen) atoms. The van der Waals surface area contributed by atoms with Crippen LogP contribution in [0, 0.1) is 0 Å². The molecule has 192 valence electrons. The van der Waals surface area contributed by atoms with Crippen LogP contribution < -0.4 is 4.90 Å². The lowest BCUT2D eigenvalue weighted by Gasteiger charge is -2.36. The molecule has 0 N–H and O–H groups in total. The van der Waals surface area contributed by atoms with Crippen LogP contribution in [0.25, 0.3) is 0 Å². The zero-order chi connectivity index (χ0) is 24.2. The quantitative estimate of drug-likeness (QED) is 0.371. The summed E-state index contributed by atoms with van der Waals surface area (Å²) in [7, 11) is 1.36. The number of thioether (sulfide) groups is 1. The van der Waals surface area contributed by atoms with Gasteiger partial charge in [-0.25, -0.2) is 9.97 Å². The molecule has 0 unspecified atom stereocenters. The molecule has 1 fully saturated rings. The highest BCUT2D eigenvalue weighted by molar-refractivity contribution is 7.99. The lowest BCUT2D eigenvalue weighted by Crippen LogP contribution is -2.47. The number of hydrogen-bond donors (Lipinski definition) is 0. The predicted molar refractivity (Wildman–Crippen MR) is 132 cm³/mol. The van der Waals surface area contributed by atoms with Crippen molar-refractivity contribution in [2.24, 2.45) is 7.05 Å². The predicted octanol–water partition coefficient (Wildman–Crippen LogP) is 4.60. The Bertz CT molecular complexity index is 922. The monoisotopic (exact) mass is 521 g/mol. The molecule has 1 aliphatic rings. The Morgan fingerprint density at radius 2 is 1.71 bits per heavy atom. The Morgan fingerprint density at radius 3 is 2.26 bits per heavy atom. The van der Waals surface area contributed by atoms with Crippen LogP contribution in [0.2, 0.25) is 0 Å². The van der Waals surface area contributed by atoms with Gasteiger partial charge in [0.25, 0.3) is 0 Å². The molecule has 0 atom stereocenters. The second kappa shape index (κ2) is 11.9. The van der Waals surface area contributed by atoms with Crippen LogP contribution in [0.5, 0.6) is 0 Å². The molecular weight excluding hydrogens is 487 g/mol. The molecular formula is C22H35ClF3N7S. The number of aryl methyl sites for hydroxylation is 1. The van der Waals surface area contributed by atoms with Gasteiger partial charge in [-0.15, -0.1) is 22.6 Å². The molecule has 0 saturated carbocycles. The summed E-state index contributed by atoms with van der Waals surface area (Å²) < 4.78 is 39.5.